The number of nitrogens with zero attached hydrogens (tertiary/aromatic N) is 3. The number of rotatable bonds is 6. The highest BCUT2D eigenvalue weighted by Gasteiger charge is 2.09. The first-order valence-electron chi connectivity index (χ1n) is 8.63. The van der Waals surface area contributed by atoms with Gasteiger partial charge in [0.25, 0.3) is 0 Å². The average Bonchev–Trinajstić information content (AvgIpc) is 3.06. The van der Waals surface area contributed by atoms with Gasteiger partial charge in [0.1, 0.15) is 6.33 Å². The van der Waals surface area contributed by atoms with Crippen molar-refractivity contribution in [2.24, 2.45) is 5.73 Å². The maximum absolute atomic E-state index is 12.7. The van der Waals surface area contributed by atoms with Crippen LogP contribution in [0.1, 0.15) is 6.92 Å². The van der Waals surface area contributed by atoms with Crippen LogP contribution in [0.3, 0.4) is 0 Å². The van der Waals surface area contributed by atoms with Crippen molar-refractivity contribution in [2.75, 3.05) is 11.9 Å². The van der Waals surface area contributed by atoms with Crippen molar-refractivity contribution in [1.29, 1.82) is 0 Å². The Morgan fingerprint density at radius 1 is 1.21 bits per heavy atom. The van der Waals surface area contributed by atoms with E-state index in [0.717, 1.165) is 15.8 Å². The number of hydrogen-bond donors (Lipinski definition) is 2. The van der Waals surface area contributed by atoms with E-state index in [-0.39, 0.29) is 30.3 Å². The first-order chi connectivity index (χ1) is 13.5. The quantitative estimate of drug-likeness (QED) is 0.686. The molecule has 0 unspecified atom stereocenters. The molecule has 7 nitrogen and oxygen atoms in total. The van der Waals surface area contributed by atoms with Gasteiger partial charge in [0.05, 0.1) is 18.6 Å². The molecule has 1 aromatic heterocycles. The molecule has 0 radical (unpaired) electrons. The second-order valence-electron chi connectivity index (χ2n) is 6.22. The van der Waals surface area contributed by atoms with Gasteiger partial charge in [-0.3, -0.25) is 4.79 Å². The van der Waals surface area contributed by atoms with Crippen LogP contribution in [0.4, 0.5) is 10.1 Å². The second kappa shape index (κ2) is 8.45. The number of amides is 1. The molecule has 0 aliphatic heterocycles. The number of benzene rings is 2. The van der Waals surface area contributed by atoms with Crippen LogP contribution in [0.2, 0.25) is 0 Å². The molecule has 0 fully saturated rings. The highest BCUT2D eigenvalue weighted by atomic mass is 19.1. The summed E-state index contributed by atoms with van der Waals surface area (Å²) in [7, 11) is 0. The molecule has 0 bridgehead atoms. The Kier molecular flexibility index (Phi) is 5.81. The van der Waals surface area contributed by atoms with Crippen LogP contribution in [-0.2, 0) is 11.3 Å². The van der Waals surface area contributed by atoms with Gasteiger partial charge in [-0.05, 0) is 41.0 Å². The number of carbonyl (C=O) groups is 1. The fraction of sp³-hybridized carbons (Fsp3) is 0.150. The van der Waals surface area contributed by atoms with Crippen LogP contribution in [0.15, 0.2) is 71.6 Å². The first kappa shape index (κ1) is 19.2. The third-order valence-electron chi connectivity index (χ3n) is 4.17. The Balaban J connectivity index is 1.89. The van der Waals surface area contributed by atoms with Gasteiger partial charge in [0.2, 0.25) is 5.91 Å². The summed E-state index contributed by atoms with van der Waals surface area (Å²) >= 11 is 0. The molecule has 3 rings (SSSR count). The SMILES string of the molecule is CC(=O)Nc1ccc(-c2cccc(-n3cnn(C/C(=C\F)CN)c3=O)c2)cc1. The minimum atomic E-state index is -0.383. The molecule has 3 aromatic rings. The summed E-state index contributed by atoms with van der Waals surface area (Å²) in [5, 5.41) is 6.75. The molecule has 0 aliphatic carbocycles. The summed E-state index contributed by atoms with van der Waals surface area (Å²) in [6.45, 7) is 1.47. The third-order valence-corrected chi connectivity index (χ3v) is 4.17. The standard InChI is InChI=1S/C20H20FN5O2/c1-14(27)24-18-7-5-16(6-8-18)17-3-2-4-19(9-17)25-13-23-26(20(25)28)12-15(10-21)11-22/h2-10,13H,11-12,22H2,1H3,(H,24,27)/b15-10-. The zero-order valence-electron chi connectivity index (χ0n) is 15.3. The van der Waals surface area contributed by atoms with Crippen molar-refractivity contribution in [3.05, 3.63) is 77.2 Å². The molecule has 0 aliphatic rings. The van der Waals surface area contributed by atoms with Crippen molar-refractivity contribution in [3.63, 3.8) is 0 Å². The van der Waals surface area contributed by atoms with Crippen molar-refractivity contribution < 1.29 is 9.18 Å². The fourth-order valence-corrected chi connectivity index (χ4v) is 2.74. The predicted octanol–water partition coefficient (Wildman–Crippen LogP) is 2.47. The highest BCUT2D eigenvalue weighted by Crippen LogP contribution is 2.23. The summed E-state index contributed by atoms with van der Waals surface area (Å²) in [4.78, 5) is 23.7. The fourth-order valence-electron chi connectivity index (χ4n) is 2.74. The van der Waals surface area contributed by atoms with Crippen molar-refractivity contribution >= 4 is 11.6 Å². The van der Waals surface area contributed by atoms with Gasteiger partial charge < -0.3 is 11.1 Å². The lowest BCUT2D eigenvalue weighted by atomic mass is 10.0. The Morgan fingerprint density at radius 2 is 1.96 bits per heavy atom. The van der Waals surface area contributed by atoms with E-state index in [1.807, 2.05) is 42.5 Å². The molecule has 8 heteroatoms. The lowest BCUT2D eigenvalue weighted by molar-refractivity contribution is -0.114. The van der Waals surface area contributed by atoms with Crippen LogP contribution in [0, 0.1) is 0 Å². The molecule has 1 amide bonds. The Hall–Kier alpha value is -3.52. The molecule has 0 saturated carbocycles. The number of anilines is 1. The molecule has 0 saturated heterocycles. The molecule has 0 atom stereocenters. The smallest absolute Gasteiger partial charge is 0.327 e. The molecule has 2 aromatic carbocycles. The molecule has 144 valence electrons. The van der Waals surface area contributed by atoms with Gasteiger partial charge in [0, 0.05) is 19.2 Å². The molecular formula is C20H20FN5O2. The van der Waals surface area contributed by atoms with Crippen LogP contribution >= 0.6 is 0 Å². The average molecular weight is 381 g/mol. The van der Waals surface area contributed by atoms with E-state index in [2.05, 4.69) is 10.4 Å². The number of carbonyl (C=O) groups excluding carboxylic acids is 1. The van der Waals surface area contributed by atoms with Gasteiger partial charge in [0.15, 0.2) is 0 Å². The zero-order valence-corrected chi connectivity index (χ0v) is 15.3. The van der Waals surface area contributed by atoms with E-state index in [0.29, 0.717) is 17.7 Å². The van der Waals surface area contributed by atoms with E-state index in [1.165, 1.54) is 17.8 Å². The van der Waals surface area contributed by atoms with E-state index >= 15 is 0 Å². The summed E-state index contributed by atoms with van der Waals surface area (Å²) < 4.78 is 15.3. The maximum atomic E-state index is 12.7. The van der Waals surface area contributed by atoms with Gasteiger partial charge in [-0.25, -0.2) is 18.4 Å². The summed E-state index contributed by atoms with van der Waals surface area (Å²) in [6, 6.07) is 14.8. The van der Waals surface area contributed by atoms with Crippen LogP contribution < -0.4 is 16.7 Å². The lowest BCUT2D eigenvalue weighted by Gasteiger charge is -2.07. The lowest BCUT2D eigenvalue weighted by Crippen LogP contribution is -2.25. The summed E-state index contributed by atoms with van der Waals surface area (Å²) in [6.07, 6.45) is 1.80. The maximum Gasteiger partial charge on any atom is 0.350 e. The van der Waals surface area contributed by atoms with E-state index in [1.54, 1.807) is 6.07 Å². The van der Waals surface area contributed by atoms with Gasteiger partial charge in [-0.2, -0.15) is 5.10 Å². The molecule has 0 spiro atoms. The van der Waals surface area contributed by atoms with Gasteiger partial charge in [-0.15, -0.1) is 0 Å². The first-order valence-corrected chi connectivity index (χ1v) is 8.63. The highest BCUT2D eigenvalue weighted by molar-refractivity contribution is 5.89. The van der Waals surface area contributed by atoms with E-state index < -0.39 is 0 Å². The van der Waals surface area contributed by atoms with Gasteiger partial charge >= 0.3 is 5.69 Å². The van der Waals surface area contributed by atoms with E-state index in [4.69, 9.17) is 5.73 Å². The molecule has 3 N–H and O–H groups in total. The van der Waals surface area contributed by atoms with Crippen molar-refractivity contribution in [1.82, 2.24) is 14.3 Å². The number of aromatic nitrogens is 3. The number of hydrogen-bond acceptors (Lipinski definition) is 4. The Bertz CT molecular complexity index is 1070. The number of halogens is 1. The summed E-state index contributed by atoms with van der Waals surface area (Å²) in [5.41, 5.74) is 8.51. The number of nitrogens with two attached hydrogens (primary N) is 1. The third kappa shape index (κ3) is 4.24. The largest absolute Gasteiger partial charge is 0.350 e. The molecule has 28 heavy (non-hydrogen) atoms. The second-order valence-corrected chi connectivity index (χ2v) is 6.22. The Labute approximate surface area is 160 Å². The zero-order chi connectivity index (χ0) is 20.1. The Morgan fingerprint density at radius 3 is 2.61 bits per heavy atom. The minimum Gasteiger partial charge on any atom is -0.327 e. The van der Waals surface area contributed by atoms with E-state index in [9.17, 15) is 14.0 Å². The normalized spacial score (nSPS) is 11.5. The minimum absolute atomic E-state index is 0.00311. The van der Waals surface area contributed by atoms with Crippen LogP contribution in [0.5, 0.6) is 0 Å². The van der Waals surface area contributed by atoms with Crippen LogP contribution in [0.25, 0.3) is 16.8 Å². The summed E-state index contributed by atoms with van der Waals surface area (Å²) in [5.74, 6) is -0.133. The van der Waals surface area contributed by atoms with Crippen LogP contribution in [-0.4, -0.2) is 26.8 Å². The van der Waals surface area contributed by atoms with Crippen molar-refractivity contribution in [3.8, 4) is 16.8 Å². The molecule has 1 heterocycles. The topological polar surface area (TPSA) is 94.9 Å². The predicted molar refractivity (Wildman–Crippen MR) is 106 cm³/mol. The van der Waals surface area contributed by atoms with Gasteiger partial charge in [-0.1, -0.05) is 24.3 Å². The van der Waals surface area contributed by atoms with Crippen molar-refractivity contribution in [2.45, 2.75) is 13.5 Å². The molecular weight excluding hydrogens is 361 g/mol. The monoisotopic (exact) mass is 381 g/mol. The number of nitrogens with one attached hydrogen (secondary N) is 1.